The highest BCUT2D eigenvalue weighted by Crippen LogP contribution is 2.29. The van der Waals surface area contributed by atoms with Gasteiger partial charge in [-0.15, -0.1) is 13.2 Å². The third kappa shape index (κ3) is 4.23. The zero-order valence-electron chi connectivity index (χ0n) is 11.6. The van der Waals surface area contributed by atoms with Gasteiger partial charge in [-0.2, -0.15) is 10.4 Å². The molecular formula is C14H12F3N3O2. The molecule has 1 aromatic carbocycles. The number of nitrogens with zero attached hydrogens (tertiary/aromatic N) is 3. The lowest BCUT2D eigenvalue weighted by Gasteiger charge is -2.10. The van der Waals surface area contributed by atoms with E-state index >= 15 is 0 Å². The molecule has 0 bridgehead atoms. The number of hydrogen-bond acceptors (Lipinski definition) is 4. The van der Waals surface area contributed by atoms with Crippen LogP contribution in [0.3, 0.4) is 0 Å². The largest absolute Gasteiger partial charge is 0.573 e. The molecule has 5 nitrogen and oxygen atoms in total. The lowest BCUT2D eigenvalue weighted by molar-refractivity contribution is -0.274. The van der Waals surface area contributed by atoms with Crippen LogP contribution < -0.4 is 4.74 Å². The van der Waals surface area contributed by atoms with Crippen molar-refractivity contribution in [3.05, 3.63) is 36.2 Å². The standard InChI is InChI=1S/C14H12F3N3O2/c1-21-3-2-20-9-12(8-19-20)11-4-10(7-18)5-13(6-11)22-14(15,16)17/h4-6,8-9H,2-3H2,1H3. The van der Waals surface area contributed by atoms with Gasteiger partial charge in [0.25, 0.3) is 0 Å². The normalized spacial score (nSPS) is 11.2. The van der Waals surface area contributed by atoms with Crippen LogP contribution >= 0.6 is 0 Å². The highest BCUT2D eigenvalue weighted by atomic mass is 19.4. The number of rotatable bonds is 5. The molecule has 2 rings (SSSR count). The van der Waals surface area contributed by atoms with Crippen molar-refractivity contribution in [2.24, 2.45) is 0 Å². The van der Waals surface area contributed by atoms with Gasteiger partial charge in [-0.1, -0.05) is 0 Å². The molecule has 0 aliphatic heterocycles. The van der Waals surface area contributed by atoms with E-state index in [0.717, 1.165) is 6.07 Å². The molecule has 0 atom stereocenters. The number of aromatic nitrogens is 2. The molecular weight excluding hydrogens is 299 g/mol. The molecule has 0 spiro atoms. The van der Waals surface area contributed by atoms with Crippen LogP contribution in [0.25, 0.3) is 11.1 Å². The Labute approximate surface area is 124 Å². The highest BCUT2D eigenvalue weighted by Gasteiger charge is 2.31. The van der Waals surface area contributed by atoms with Crippen LogP contribution in [0.1, 0.15) is 5.56 Å². The minimum Gasteiger partial charge on any atom is -0.406 e. The van der Waals surface area contributed by atoms with Gasteiger partial charge in [0.05, 0.1) is 31.0 Å². The Bertz CT molecular complexity index is 689. The van der Waals surface area contributed by atoms with E-state index < -0.39 is 12.1 Å². The molecule has 0 aliphatic rings. The molecule has 0 unspecified atom stereocenters. The third-order valence-electron chi connectivity index (χ3n) is 2.76. The maximum Gasteiger partial charge on any atom is 0.573 e. The Morgan fingerprint density at radius 2 is 2.05 bits per heavy atom. The van der Waals surface area contributed by atoms with E-state index in [9.17, 15) is 13.2 Å². The molecule has 1 heterocycles. The number of nitriles is 1. The Hall–Kier alpha value is -2.53. The van der Waals surface area contributed by atoms with E-state index in [2.05, 4.69) is 9.84 Å². The summed E-state index contributed by atoms with van der Waals surface area (Å²) in [6, 6.07) is 5.53. The second-order valence-corrected chi connectivity index (χ2v) is 4.39. The molecule has 0 saturated carbocycles. The summed E-state index contributed by atoms with van der Waals surface area (Å²) in [6.07, 6.45) is -1.65. The first-order chi connectivity index (χ1) is 10.4. The average molecular weight is 311 g/mol. The van der Waals surface area contributed by atoms with Crippen molar-refractivity contribution >= 4 is 0 Å². The summed E-state index contributed by atoms with van der Waals surface area (Å²) in [6.45, 7) is 0.974. The van der Waals surface area contributed by atoms with Crippen molar-refractivity contribution in [3.63, 3.8) is 0 Å². The van der Waals surface area contributed by atoms with Gasteiger partial charge in [-0.3, -0.25) is 4.68 Å². The van der Waals surface area contributed by atoms with Crippen molar-refractivity contribution in [2.45, 2.75) is 12.9 Å². The molecule has 0 amide bonds. The van der Waals surface area contributed by atoms with Gasteiger partial charge in [0.1, 0.15) is 5.75 Å². The van der Waals surface area contributed by atoms with Crippen LogP contribution in [0.2, 0.25) is 0 Å². The van der Waals surface area contributed by atoms with Crippen LogP contribution in [0, 0.1) is 11.3 Å². The summed E-state index contributed by atoms with van der Waals surface area (Å²) < 4.78 is 47.4. The van der Waals surface area contributed by atoms with Crippen LogP contribution in [0.5, 0.6) is 5.75 Å². The minimum absolute atomic E-state index is 0.0707. The predicted molar refractivity (Wildman–Crippen MR) is 70.9 cm³/mol. The molecule has 22 heavy (non-hydrogen) atoms. The van der Waals surface area contributed by atoms with Crippen LogP contribution in [0.15, 0.2) is 30.6 Å². The SMILES string of the molecule is COCCn1cc(-c2cc(C#N)cc(OC(F)(F)F)c2)cn1. The van der Waals surface area contributed by atoms with Crippen molar-refractivity contribution in [3.8, 4) is 22.9 Å². The molecule has 0 N–H and O–H groups in total. The highest BCUT2D eigenvalue weighted by molar-refractivity contribution is 5.66. The van der Waals surface area contributed by atoms with Crippen LogP contribution in [0.4, 0.5) is 13.2 Å². The van der Waals surface area contributed by atoms with Gasteiger partial charge >= 0.3 is 6.36 Å². The molecule has 0 radical (unpaired) electrons. The lowest BCUT2D eigenvalue weighted by Crippen LogP contribution is -2.17. The summed E-state index contributed by atoms with van der Waals surface area (Å²) in [4.78, 5) is 0. The Kier molecular flexibility index (Phi) is 4.68. The molecule has 0 saturated heterocycles. The zero-order valence-corrected chi connectivity index (χ0v) is 11.6. The fourth-order valence-electron chi connectivity index (χ4n) is 1.84. The van der Waals surface area contributed by atoms with E-state index in [0.29, 0.717) is 24.3 Å². The van der Waals surface area contributed by atoms with Gasteiger partial charge in [-0.05, 0) is 23.8 Å². The number of hydrogen-bond donors (Lipinski definition) is 0. The summed E-state index contributed by atoms with van der Waals surface area (Å²) in [7, 11) is 1.56. The van der Waals surface area contributed by atoms with Crippen molar-refractivity contribution in [1.82, 2.24) is 9.78 Å². The summed E-state index contributed by atoms with van der Waals surface area (Å²) in [5, 5.41) is 13.0. The maximum atomic E-state index is 12.3. The first-order valence-corrected chi connectivity index (χ1v) is 6.24. The monoisotopic (exact) mass is 311 g/mol. The number of benzene rings is 1. The number of halogens is 3. The Morgan fingerprint density at radius 1 is 1.27 bits per heavy atom. The maximum absolute atomic E-state index is 12.3. The van der Waals surface area contributed by atoms with Crippen LogP contribution in [-0.4, -0.2) is 29.9 Å². The first-order valence-electron chi connectivity index (χ1n) is 6.24. The summed E-state index contributed by atoms with van der Waals surface area (Å²) in [5.41, 5.74) is 1.07. The van der Waals surface area contributed by atoms with E-state index in [1.807, 2.05) is 6.07 Å². The number of methoxy groups -OCH3 is 1. The Morgan fingerprint density at radius 3 is 2.68 bits per heavy atom. The molecule has 0 fully saturated rings. The van der Waals surface area contributed by atoms with Gasteiger partial charge in [0.2, 0.25) is 0 Å². The fraction of sp³-hybridized carbons (Fsp3) is 0.286. The summed E-state index contributed by atoms with van der Waals surface area (Å²) in [5.74, 6) is -0.439. The minimum atomic E-state index is -4.81. The van der Waals surface area contributed by atoms with Crippen molar-refractivity contribution in [2.75, 3.05) is 13.7 Å². The molecule has 8 heteroatoms. The second kappa shape index (κ2) is 6.49. The number of ether oxygens (including phenoxy) is 2. The molecule has 116 valence electrons. The topological polar surface area (TPSA) is 60.1 Å². The first kappa shape index (κ1) is 15.9. The molecule has 2 aromatic rings. The average Bonchev–Trinajstić information content (AvgIpc) is 2.91. The van der Waals surface area contributed by atoms with E-state index in [4.69, 9.17) is 10.00 Å². The predicted octanol–water partition coefficient (Wildman–Crippen LogP) is 2.97. The fourth-order valence-corrected chi connectivity index (χ4v) is 1.84. The smallest absolute Gasteiger partial charge is 0.406 e. The number of alkyl halides is 3. The van der Waals surface area contributed by atoms with Crippen molar-refractivity contribution in [1.29, 1.82) is 5.26 Å². The molecule has 0 aliphatic carbocycles. The molecule has 1 aromatic heterocycles. The quantitative estimate of drug-likeness (QED) is 0.852. The zero-order chi connectivity index (χ0) is 16.2. The lowest BCUT2D eigenvalue weighted by atomic mass is 10.1. The van der Waals surface area contributed by atoms with Gasteiger partial charge in [-0.25, -0.2) is 0 Å². The van der Waals surface area contributed by atoms with Crippen molar-refractivity contribution < 1.29 is 22.6 Å². The second-order valence-electron chi connectivity index (χ2n) is 4.39. The third-order valence-corrected chi connectivity index (χ3v) is 2.76. The van der Waals surface area contributed by atoms with Gasteiger partial charge in [0.15, 0.2) is 0 Å². The van der Waals surface area contributed by atoms with Crippen LogP contribution in [-0.2, 0) is 11.3 Å². The van der Waals surface area contributed by atoms with Gasteiger partial charge in [0, 0.05) is 18.9 Å². The summed E-state index contributed by atoms with van der Waals surface area (Å²) >= 11 is 0. The Balaban J connectivity index is 2.32. The van der Waals surface area contributed by atoms with E-state index in [1.165, 1.54) is 18.3 Å². The van der Waals surface area contributed by atoms with E-state index in [1.54, 1.807) is 18.0 Å². The van der Waals surface area contributed by atoms with E-state index in [-0.39, 0.29) is 5.56 Å². The van der Waals surface area contributed by atoms with Gasteiger partial charge < -0.3 is 9.47 Å².